The molecule has 0 spiro atoms. The summed E-state index contributed by atoms with van der Waals surface area (Å²) in [5.74, 6) is 1.12. The maximum atomic E-state index is 11.2. The molecule has 2 rings (SSSR count). The van der Waals surface area contributed by atoms with Crippen LogP contribution in [0.25, 0.3) is 0 Å². The van der Waals surface area contributed by atoms with Crippen LogP contribution in [0.5, 0.6) is 11.5 Å². The topological polar surface area (TPSA) is 90.2 Å². The van der Waals surface area contributed by atoms with Crippen LogP contribution in [-0.4, -0.2) is 49.9 Å². The van der Waals surface area contributed by atoms with E-state index in [0.29, 0.717) is 5.75 Å². The third kappa shape index (κ3) is 9.56. The highest BCUT2D eigenvalue weighted by Crippen LogP contribution is 2.46. The van der Waals surface area contributed by atoms with Crippen molar-refractivity contribution in [2.75, 3.05) is 13.2 Å². The highest BCUT2D eigenvalue weighted by molar-refractivity contribution is 8.10. The quantitative estimate of drug-likeness (QED) is 0.133. The summed E-state index contributed by atoms with van der Waals surface area (Å²) < 4.78 is 6.05. The SMILES string of the molecule is CC(C)(Sc1cc(C(C)(C)C)c(O)c(C(C)(C)C)c1)[SH+]c1cc(C(C)(C)C)c(OCC(O)C(O)CO)c(C(C)(C)C)c1. The Morgan fingerprint density at radius 2 is 1.07 bits per heavy atom. The molecule has 0 bridgehead atoms. The summed E-state index contributed by atoms with van der Waals surface area (Å²) >= 11 is 2.96. The fraction of sp³-hybridized carbons (Fsp3) is 0.657. The lowest BCUT2D eigenvalue weighted by molar-refractivity contribution is -0.0344. The Bertz CT molecular complexity index is 1150. The van der Waals surface area contributed by atoms with Gasteiger partial charge in [0.2, 0.25) is 0 Å². The van der Waals surface area contributed by atoms with Gasteiger partial charge in [-0.3, -0.25) is 0 Å². The van der Waals surface area contributed by atoms with Crippen molar-refractivity contribution < 1.29 is 25.2 Å². The van der Waals surface area contributed by atoms with Crippen molar-refractivity contribution in [3.05, 3.63) is 46.5 Å². The number of hydrogen-bond donors (Lipinski definition) is 4. The molecular formula is C35H57O5S2+. The van der Waals surface area contributed by atoms with E-state index >= 15 is 0 Å². The van der Waals surface area contributed by atoms with E-state index in [-0.39, 0.29) is 32.3 Å². The van der Waals surface area contributed by atoms with Crippen LogP contribution in [-0.2, 0) is 33.4 Å². The summed E-state index contributed by atoms with van der Waals surface area (Å²) in [6, 6.07) is 8.72. The van der Waals surface area contributed by atoms with Crippen LogP contribution in [0.15, 0.2) is 34.1 Å². The van der Waals surface area contributed by atoms with Gasteiger partial charge in [-0.25, -0.2) is 0 Å². The Morgan fingerprint density at radius 3 is 1.43 bits per heavy atom. The van der Waals surface area contributed by atoms with E-state index in [1.807, 2.05) is 11.8 Å². The van der Waals surface area contributed by atoms with Gasteiger partial charge in [0.05, 0.1) is 6.61 Å². The van der Waals surface area contributed by atoms with Crippen LogP contribution in [0.3, 0.4) is 0 Å². The van der Waals surface area contributed by atoms with E-state index in [0.717, 1.165) is 44.7 Å². The number of ether oxygens (including phenoxy) is 1. The summed E-state index contributed by atoms with van der Waals surface area (Å²) in [5, 5.41) is 40.7. The molecular weight excluding hydrogens is 565 g/mol. The van der Waals surface area contributed by atoms with Crippen LogP contribution < -0.4 is 4.74 Å². The van der Waals surface area contributed by atoms with E-state index in [2.05, 4.69) is 121 Å². The first-order chi connectivity index (χ1) is 18.8. The molecule has 42 heavy (non-hydrogen) atoms. The molecule has 0 saturated carbocycles. The lowest BCUT2D eigenvalue weighted by Gasteiger charge is -2.31. The summed E-state index contributed by atoms with van der Waals surface area (Å²) in [6.07, 6.45) is -2.45. The Balaban J connectivity index is 2.60. The first-order valence-electron chi connectivity index (χ1n) is 14.9. The second kappa shape index (κ2) is 12.9. The molecule has 238 valence electrons. The Morgan fingerprint density at radius 1 is 0.667 bits per heavy atom. The maximum Gasteiger partial charge on any atom is 0.175 e. The number of aliphatic hydroxyl groups is 3. The summed E-state index contributed by atoms with van der Waals surface area (Å²) in [7, 11) is 0. The zero-order valence-corrected chi connectivity index (χ0v) is 30.1. The minimum atomic E-state index is -1.26. The molecule has 2 atom stereocenters. The summed E-state index contributed by atoms with van der Waals surface area (Å²) in [6.45, 7) is 29.6. The molecule has 0 radical (unpaired) electrons. The number of benzene rings is 2. The van der Waals surface area contributed by atoms with Crippen LogP contribution >= 0.6 is 11.8 Å². The normalized spacial score (nSPS) is 15.1. The molecule has 2 unspecified atom stereocenters. The number of phenolic OH excluding ortho intramolecular Hbond substituents is 1. The summed E-state index contributed by atoms with van der Waals surface area (Å²) in [5.41, 5.74) is 3.15. The first kappa shape index (κ1) is 36.8. The molecule has 2 aromatic carbocycles. The van der Waals surface area contributed by atoms with Gasteiger partial charge in [-0.2, -0.15) is 0 Å². The van der Waals surface area contributed by atoms with Gasteiger partial charge in [-0.05, 0) is 47.6 Å². The van der Waals surface area contributed by atoms with Crippen molar-refractivity contribution in [2.45, 2.75) is 145 Å². The van der Waals surface area contributed by atoms with Gasteiger partial charge in [-0.15, -0.1) is 0 Å². The molecule has 5 nitrogen and oxygen atoms in total. The molecule has 2 aromatic rings. The Hall–Kier alpha value is -1.38. The first-order valence-corrected chi connectivity index (χ1v) is 16.6. The number of thioether (sulfide) groups is 1. The third-order valence-corrected chi connectivity index (χ3v) is 9.76. The van der Waals surface area contributed by atoms with Crippen LogP contribution in [0.4, 0.5) is 0 Å². The maximum absolute atomic E-state index is 11.2. The zero-order chi connectivity index (χ0) is 32.6. The van der Waals surface area contributed by atoms with E-state index in [1.54, 1.807) is 0 Å². The number of rotatable bonds is 9. The average molecular weight is 622 g/mol. The van der Waals surface area contributed by atoms with Crippen molar-refractivity contribution in [2.24, 2.45) is 0 Å². The molecule has 0 aromatic heterocycles. The molecule has 7 heteroatoms. The minimum absolute atomic E-state index is 0.112. The fourth-order valence-corrected chi connectivity index (χ4v) is 7.54. The molecule has 0 aliphatic carbocycles. The van der Waals surface area contributed by atoms with Gasteiger partial charge >= 0.3 is 0 Å². The van der Waals surface area contributed by atoms with E-state index in [4.69, 9.17) is 4.74 Å². The van der Waals surface area contributed by atoms with Crippen molar-refractivity contribution in [3.8, 4) is 11.5 Å². The highest BCUT2D eigenvalue weighted by Gasteiger charge is 2.36. The van der Waals surface area contributed by atoms with Crippen molar-refractivity contribution in [1.82, 2.24) is 0 Å². The third-order valence-electron chi connectivity index (χ3n) is 7.18. The predicted octanol–water partition coefficient (Wildman–Crippen LogP) is 7.38. The Labute approximate surface area is 263 Å². The molecule has 0 heterocycles. The Kier molecular flexibility index (Phi) is 11.3. The predicted molar refractivity (Wildman–Crippen MR) is 181 cm³/mol. The van der Waals surface area contributed by atoms with Gasteiger partial charge in [0, 0.05) is 51.0 Å². The number of phenols is 1. The number of aliphatic hydroxyl groups excluding tert-OH is 3. The van der Waals surface area contributed by atoms with Crippen molar-refractivity contribution in [3.63, 3.8) is 0 Å². The lowest BCUT2D eigenvalue weighted by Crippen LogP contribution is -2.35. The van der Waals surface area contributed by atoms with Crippen LogP contribution in [0.1, 0.15) is 119 Å². The zero-order valence-electron chi connectivity index (χ0n) is 28.4. The summed E-state index contributed by atoms with van der Waals surface area (Å²) in [4.78, 5) is 2.32. The second-order valence-corrected chi connectivity index (χ2v) is 19.9. The van der Waals surface area contributed by atoms with Crippen molar-refractivity contribution in [1.29, 1.82) is 0 Å². The lowest BCUT2D eigenvalue weighted by atomic mass is 9.79. The smallest absolute Gasteiger partial charge is 0.175 e. The monoisotopic (exact) mass is 621 g/mol. The second-order valence-electron chi connectivity index (χ2n) is 16.0. The number of aromatic hydroxyl groups is 1. The van der Waals surface area contributed by atoms with Crippen LogP contribution in [0, 0.1) is 0 Å². The van der Waals surface area contributed by atoms with Crippen molar-refractivity contribution >= 4 is 23.5 Å². The molecule has 0 amide bonds. The molecule has 0 aliphatic rings. The van der Waals surface area contributed by atoms with Crippen LogP contribution in [0.2, 0.25) is 0 Å². The molecule has 4 N–H and O–H groups in total. The molecule has 0 fully saturated rings. The van der Waals surface area contributed by atoms with E-state index in [1.165, 1.54) is 4.90 Å². The van der Waals surface area contributed by atoms with E-state index in [9.17, 15) is 20.4 Å². The highest BCUT2D eigenvalue weighted by atomic mass is 32.2. The van der Waals surface area contributed by atoms with Gasteiger partial charge in [0.1, 0.15) is 30.3 Å². The number of hydrogen-bond acceptors (Lipinski definition) is 6. The fourth-order valence-electron chi connectivity index (χ4n) is 4.78. The minimum Gasteiger partial charge on any atom is -0.507 e. The standard InChI is InChI=1S/C35H56O5S2/c1-31(2,3)23-15-21(16-24(29(23)39)32(4,5)6)41-35(13,14)42-22-17-25(33(7,8)9)30(26(18-22)34(10,11)12)40-20-28(38)27(37)19-36/h15-18,27-28,36-39H,19-20H2,1-14H3/p+1. The van der Waals surface area contributed by atoms with Gasteiger partial charge in [-0.1, -0.05) is 94.8 Å². The molecule has 0 aliphatic heterocycles. The number of thiol groups is 1. The average Bonchev–Trinajstić information content (AvgIpc) is 2.79. The largest absolute Gasteiger partial charge is 0.507 e. The van der Waals surface area contributed by atoms with E-state index < -0.39 is 18.8 Å². The molecule has 0 saturated heterocycles. The van der Waals surface area contributed by atoms with Gasteiger partial charge < -0.3 is 25.2 Å². The van der Waals surface area contributed by atoms with Gasteiger partial charge in [0.25, 0.3) is 0 Å². The van der Waals surface area contributed by atoms with Gasteiger partial charge in [0.15, 0.2) is 8.97 Å².